The van der Waals surface area contributed by atoms with E-state index in [1.54, 1.807) is 12.4 Å². The van der Waals surface area contributed by atoms with Gasteiger partial charge in [0.1, 0.15) is 0 Å². The van der Waals surface area contributed by atoms with Crippen molar-refractivity contribution in [3.05, 3.63) is 30.1 Å². The number of aromatic nitrogens is 1. The maximum atomic E-state index is 10.7. The number of nitrogens with zero attached hydrogens (tertiary/aromatic N) is 1. The number of hydrogen-bond acceptors (Lipinski definition) is 3. The first-order valence-corrected chi connectivity index (χ1v) is 5.13. The third-order valence-corrected chi connectivity index (χ3v) is 2.87. The summed E-state index contributed by atoms with van der Waals surface area (Å²) in [4.78, 5) is 14.7. The second-order valence-electron chi connectivity index (χ2n) is 3.85. The quantitative estimate of drug-likeness (QED) is 0.763. The number of aliphatic carboxylic acids is 1. The van der Waals surface area contributed by atoms with Crippen LogP contribution in [0.25, 0.3) is 0 Å². The highest BCUT2D eigenvalue weighted by Crippen LogP contribution is 2.25. The predicted molar refractivity (Wildman–Crippen MR) is 55.3 cm³/mol. The number of pyridine rings is 1. The molecule has 0 aliphatic carbocycles. The van der Waals surface area contributed by atoms with Crippen LogP contribution in [-0.2, 0) is 4.79 Å². The summed E-state index contributed by atoms with van der Waals surface area (Å²) in [6, 6.07) is 4.22. The standard InChI is InChI=1S/C11H14N2O2/c14-11(15)9-1-2-10(13-7-9)8-3-5-12-6-4-8/h3-6,9-10,13H,1-2,7H2,(H,14,15). The summed E-state index contributed by atoms with van der Waals surface area (Å²) in [7, 11) is 0. The fourth-order valence-electron chi connectivity index (χ4n) is 1.95. The van der Waals surface area contributed by atoms with E-state index in [4.69, 9.17) is 5.11 Å². The zero-order chi connectivity index (χ0) is 10.7. The predicted octanol–water partition coefficient (Wildman–Crippen LogP) is 1.21. The van der Waals surface area contributed by atoms with Gasteiger partial charge < -0.3 is 10.4 Å². The molecule has 0 aromatic carbocycles. The zero-order valence-electron chi connectivity index (χ0n) is 8.39. The minimum atomic E-state index is -0.698. The largest absolute Gasteiger partial charge is 0.481 e. The molecule has 15 heavy (non-hydrogen) atoms. The Morgan fingerprint density at radius 3 is 2.67 bits per heavy atom. The maximum absolute atomic E-state index is 10.7. The zero-order valence-corrected chi connectivity index (χ0v) is 8.39. The Morgan fingerprint density at radius 2 is 2.13 bits per heavy atom. The molecule has 1 aliphatic rings. The summed E-state index contributed by atoms with van der Waals surface area (Å²) in [5, 5.41) is 12.1. The van der Waals surface area contributed by atoms with Crippen molar-refractivity contribution in [2.45, 2.75) is 18.9 Å². The van der Waals surface area contributed by atoms with Crippen molar-refractivity contribution in [2.75, 3.05) is 6.54 Å². The van der Waals surface area contributed by atoms with E-state index in [0.717, 1.165) is 12.8 Å². The Balaban J connectivity index is 1.97. The van der Waals surface area contributed by atoms with Gasteiger partial charge in [-0.2, -0.15) is 0 Å². The Morgan fingerprint density at radius 1 is 1.40 bits per heavy atom. The lowest BCUT2D eigenvalue weighted by atomic mass is 9.91. The fraction of sp³-hybridized carbons (Fsp3) is 0.455. The van der Waals surface area contributed by atoms with Crippen LogP contribution >= 0.6 is 0 Å². The highest BCUT2D eigenvalue weighted by atomic mass is 16.4. The highest BCUT2D eigenvalue weighted by molar-refractivity contribution is 5.70. The van der Waals surface area contributed by atoms with Crippen LogP contribution in [-0.4, -0.2) is 22.6 Å². The van der Waals surface area contributed by atoms with Gasteiger partial charge in [0.05, 0.1) is 5.92 Å². The van der Waals surface area contributed by atoms with Crippen LogP contribution in [0.1, 0.15) is 24.4 Å². The molecule has 1 aliphatic heterocycles. The molecule has 0 saturated carbocycles. The maximum Gasteiger partial charge on any atom is 0.307 e. The van der Waals surface area contributed by atoms with Crippen molar-refractivity contribution in [1.29, 1.82) is 0 Å². The summed E-state index contributed by atoms with van der Waals surface area (Å²) >= 11 is 0. The lowest BCUT2D eigenvalue weighted by molar-refractivity contribution is -0.142. The van der Waals surface area contributed by atoms with Crippen LogP contribution in [0.4, 0.5) is 0 Å². The second kappa shape index (κ2) is 4.40. The van der Waals surface area contributed by atoms with E-state index in [9.17, 15) is 4.79 Å². The normalized spacial score (nSPS) is 26.1. The molecule has 0 amide bonds. The summed E-state index contributed by atoms with van der Waals surface area (Å²) in [6.45, 7) is 0.558. The molecule has 80 valence electrons. The van der Waals surface area contributed by atoms with Gasteiger partial charge in [-0.05, 0) is 30.5 Å². The van der Waals surface area contributed by atoms with E-state index in [1.165, 1.54) is 5.56 Å². The first-order valence-electron chi connectivity index (χ1n) is 5.13. The van der Waals surface area contributed by atoms with Crippen LogP contribution in [0.3, 0.4) is 0 Å². The summed E-state index contributed by atoms with van der Waals surface area (Å²) in [5.74, 6) is -0.932. The second-order valence-corrected chi connectivity index (χ2v) is 3.85. The number of rotatable bonds is 2. The highest BCUT2D eigenvalue weighted by Gasteiger charge is 2.25. The molecule has 2 heterocycles. The summed E-state index contributed by atoms with van der Waals surface area (Å²) in [5.41, 5.74) is 1.19. The molecule has 2 N–H and O–H groups in total. The third kappa shape index (κ3) is 2.33. The number of nitrogens with one attached hydrogen (secondary N) is 1. The lowest BCUT2D eigenvalue weighted by Crippen LogP contribution is -2.36. The van der Waals surface area contributed by atoms with E-state index < -0.39 is 5.97 Å². The molecule has 0 spiro atoms. The Bertz CT molecular complexity index is 332. The first kappa shape index (κ1) is 10.1. The average molecular weight is 206 g/mol. The monoisotopic (exact) mass is 206 g/mol. The Kier molecular flexibility index (Phi) is 2.97. The number of piperidine rings is 1. The first-order chi connectivity index (χ1) is 7.27. The van der Waals surface area contributed by atoms with Crippen molar-refractivity contribution in [2.24, 2.45) is 5.92 Å². The van der Waals surface area contributed by atoms with Gasteiger partial charge in [0, 0.05) is 25.0 Å². The third-order valence-electron chi connectivity index (χ3n) is 2.87. The van der Waals surface area contributed by atoms with Crippen LogP contribution in [0, 0.1) is 5.92 Å². The van der Waals surface area contributed by atoms with Gasteiger partial charge in [-0.1, -0.05) is 0 Å². The van der Waals surface area contributed by atoms with Crippen molar-refractivity contribution >= 4 is 5.97 Å². The van der Waals surface area contributed by atoms with E-state index in [2.05, 4.69) is 10.3 Å². The van der Waals surface area contributed by atoms with Gasteiger partial charge in [0.15, 0.2) is 0 Å². The van der Waals surface area contributed by atoms with Crippen LogP contribution in [0.15, 0.2) is 24.5 Å². The molecule has 0 bridgehead atoms. The molecular formula is C11H14N2O2. The molecule has 0 radical (unpaired) electrons. The Hall–Kier alpha value is -1.42. The molecule has 4 heteroatoms. The molecule has 2 atom stereocenters. The van der Waals surface area contributed by atoms with Crippen molar-refractivity contribution in [3.8, 4) is 0 Å². The number of carboxylic acid groups (broad SMARTS) is 1. The van der Waals surface area contributed by atoms with Gasteiger partial charge in [0.2, 0.25) is 0 Å². The van der Waals surface area contributed by atoms with Crippen LogP contribution in [0.2, 0.25) is 0 Å². The number of hydrogen-bond donors (Lipinski definition) is 2. The molecule has 1 aromatic rings. The minimum Gasteiger partial charge on any atom is -0.481 e. The number of carbonyl (C=O) groups is 1. The molecular weight excluding hydrogens is 192 g/mol. The minimum absolute atomic E-state index is 0.233. The van der Waals surface area contributed by atoms with E-state index in [-0.39, 0.29) is 12.0 Å². The summed E-state index contributed by atoms with van der Waals surface area (Å²) in [6.07, 6.45) is 5.15. The van der Waals surface area contributed by atoms with E-state index in [1.807, 2.05) is 12.1 Å². The van der Waals surface area contributed by atoms with Gasteiger partial charge in [0.25, 0.3) is 0 Å². The van der Waals surface area contributed by atoms with Crippen LogP contribution in [0.5, 0.6) is 0 Å². The molecule has 4 nitrogen and oxygen atoms in total. The van der Waals surface area contributed by atoms with E-state index >= 15 is 0 Å². The average Bonchev–Trinajstić information content (AvgIpc) is 2.30. The van der Waals surface area contributed by atoms with Gasteiger partial charge in [-0.25, -0.2) is 0 Å². The molecule has 1 saturated heterocycles. The molecule has 2 unspecified atom stereocenters. The van der Waals surface area contributed by atoms with Crippen molar-refractivity contribution in [1.82, 2.24) is 10.3 Å². The number of carboxylic acids is 1. The molecule has 2 rings (SSSR count). The van der Waals surface area contributed by atoms with Gasteiger partial charge in [-0.15, -0.1) is 0 Å². The van der Waals surface area contributed by atoms with Gasteiger partial charge >= 0.3 is 5.97 Å². The summed E-state index contributed by atoms with van der Waals surface area (Å²) < 4.78 is 0. The molecule has 1 fully saturated rings. The van der Waals surface area contributed by atoms with Crippen molar-refractivity contribution < 1.29 is 9.90 Å². The van der Waals surface area contributed by atoms with Gasteiger partial charge in [-0.3, -0.25) is 9.78 Å². The lowest BCUT2D eigenvalue weighted by Gasteiger charge is -2.27. The van der Waals surface area contributed by atoms with E-state index in [0.29, 0.717) is 6.54 Å². The van der Waals surface area contributed by atoms with Crippen LogP contribution < -0.4 is 5.32 Å². The molecule has 1 aromatic heterocycles. The Labute approximate surface area is 88.3 Å². The van der Waals surface area contributed by atoms with Crippen molar-refractivity contribution in [3.63, 3.8) is 0 Å². The topological polar surface area (TPSA) is 62.2 Å². The smallest absolute Gasteiger partial charge is 0.307 e. The fourth-order valence-corrected chi connectivity index (χ4v) is 1.95. The SMILES string of the molecule is O=C(O)C1CCC(c2ccncc2)NC1.